The monoisotopic (exact) mass is 541 g/mol. The lowest BCUT2D eigenvalue weighted by Crippen LogP contribution is -2.27. The molecule has 0 saturated heterocycles. The van der Waals surface area contributed by atoms with Crippen molar-refractivity contribution in [3.8, 4) is 0 Å². The normalized spacial score (nSPS) is 12.2. The Bertz CT molecular complexity index is 454. The van der Waals surface area contributed by atoms with Gasteiger partial charge in [-0.05, 0) is 12.8 Å². The Morgan fingerprint density at radius 2 is 0.868 bits per heavy atom. The largest absolute Gasteiger partial charge is 0.457 e. The summed E-state index contributed by atoms with van der Waals surface area (Å²) in [6.45, 7) is 5.04. The first kappa shape index (κ1) is 37.4. The highest BCUT2D eigenvalue weighted by atomic mass is 16.6. The van der Waals surface area contributed by atoms with Gasteiger partial charge in [-0.25, -0.2) is 0 Å². The van der Waals surface area contributed by atoms with Gasteiger partial charge in [0, 0.05) is 13.0 Å². The molecule has 1 unspecified atom stereocenters. The Hall–Kier alpha value is -0.610. The molecule has 4 heteroatoms. The highest BCUT2D eigenvalue weighted by molar-refractivity contribution is 5.69. The third kappa shape index (κ3) is 29.9. The van der Waals surface area contributed by atoms with E-state index in [-0.39, 0.29) is 12.6 Å². The maximum absolute atomic E-state index is 11.5. The first-order valence-electron chi connectivity index (χ1n) is 17.1. The fraction of sp³-hybridized carbons (Fsp3) is 0.971. The topological polar surface area (TPSA) is 55.8 Å². The summed E-state index contributed by atoms with van der Waals surface area (Å²) in [6, 6.07) is 0. The van der Waals surface area contributed by atoms with Gasteiger partial charge in [0.25, 0.3) is 0 Å². The fourth-order valence-corrected chi connectivity index (χ4v) is 5.13. The maximum Gasteiger partial charge on any atom is 0.306 e. The molecule has 0 saturated carbocycles. The zero-order valence-electron chi connectivity index (χ0n) is 26.0. The average Bonchev–Trinajstić information content (AvgIpc) is 2.92. The van der Waals surface area contributed by atoms with E-state index in [1.807, 2.05) is 6.92 Å². The minimum atomic E-state index is -0.520. The van der Waals surface area contributed by atoms with Crippen LogP contribution in [0.3, 0.4) is 0 Å². The smallest absolute Gasteiger partial charge is 0.306 e. The molecule has 0 aromatic carbocycles. The SMILES string of the molecule is CCCCCCCCCCCCCCCCCCCCCCCCCCCOCC(CO)OC(=O)CCC. The molecule has 0 bridgehead atoms. The van der Waals surface area contributed by atoms with Crippen molar-refractivity contribution in [1.29, 1.82) is 0 Å². The summed E-state index contributed by atoms with van der Waals surface area (Å²) in [5.74, 6) is -0.250. The number of aliphatic hydroxyl groups excluding tert-OH is 1. The van der Waals surface area contributed by atoms with Crippen LogP contribution in [0.1, 0.15) is 187 Å². The molecule has 0 spiro atoms. The van der Waals surface area contributed by atoms with Crippen LogP contribution >= 0.6 is 0 Å². The molecule has 0 amide bonds. The first-order chi connectivity index (χ1) is 18.7. The molecular weight excluding hydrogens is 472 g/mol. The second-order valence-electron chi connectivity index (χ2n) is 11.6. The van der Waals surface area contributed by atoms with Gasteiger partial charge < -0.3 is 14.6 Å². The number of unbranched alkanes of at least 4 members (excludes halogenated alkanes) is 24. The van der Waals surface area contributed by atoms with Crippen LogP contribution in [0.2, 0.25) is 0 Å². The molecule has 1 atom stereocenters. The van der Waals surface area contributed by atoms with Gasteiger partial charge in [-0.2, -0.15) is 0 Å². The number of hydrogen-bond acceptors (Lipinski definition) is 4. The van der Waals surface area contributed by atoms with Crippen molar-refractivity contribution in [2.75, 3.05) is 19.8 Å². The molecule has 0 aromatic rings. The van der Waals surface area contributed by atoms with Gasteiger partial charge in [0.05, 0.1) is 13.2 Å². The fourth-order valence-electron chi connectivity index (χ4n) is 5.13. The third-order valence-corrected chi connectivity index (χ3v) is 7.65. The number of rotatable bonds is 32. The van der Waals surface area contributed by atoms with Crippen molar-refractivity contribution in [2.24, 2.45) is 0 Å². The summed E-state index contributed by atoms with van der Waals surface area (Å²) in [6.07, 6.45) is 35.7. The molecular formula is C34H68O4. The van der Waals surface area contributed by atoms with E-state index in [0.717, 1.165) is 12.8 Å². The number of esters is 1. The Morgan fingerprint density at radius 1 is 0.526 bits per heavy atom. The van der Waals surface area contributed by atoms with Crippen molar-refractivity contribution < 1.29 is 19.4 Å². The van der Waals surface area contributed by atoms with Gasteiger partial charge in [-0.3, -0.25) is 4.79 Å². The van der Waals surface area contributed by atoms with Crippen molar-refractivity contribution >= 4 is 5.97 Å². The lowest BCUT2D eigenvalue weighted by atomic mass is 10.0. The molecule has 0 fully saturated rings. The molecule has 0 radical (unpaired) electrons. The zero-order chi connectivity index (χ0) is 27.8. The van der Waals surface area contributed by atoms with Crippen LogP contribution in [0.25, 0.3) is 0 Å². The molecule has 0 heterocycles. The standard InChI is InChI=1S/C34H68O4/c1-3-5-6-7-8-9-10-11-12-13-14-15-16-17-18-19-20-21-22-23-24-25-26-27-28-30-37-32-33(31-35)38-34(36)29-4-2/h33,35H,3-32H2,1-2H3. The highest BCUT2D eigenvalue weighted by Gasteiger charge is 2.12. The predicted octanol–water partition coefficient (Wildman–Crippen LogP) is 10.5. The highest BCUT2D eigenvalue weighted by Crippen LogP contribution is 2.15. The number of ether oxygens (including phenoxy) is 2. The van der Waals surface area contributed by atoms with Gasteiger partial charge >= 0.3 is 5.97 Å². The summed E-state index contributed by atoms with van der Waals surface area (Å²) in [5, 5.41) is 9.28. The molecule has 0 aliphatic rings. The minimum absolute atomic E-state index is 0.172. The molecule has 0 aliphatic carbocycles. The Labute approximate surface area is 238 Å². The lowest BCUT2D eigenvalue weighted by molar-refractivity contribution is -0.154. The van der Waals surface area contributed by atoms with Crippen molar-refractivity contribution in [1.82, 2.24) is 0 Å². The zero-order valence-corrected chi connectivity index (χ0v) is 26.0. The molecule has 0 aromatic heterocycles. The van der Waals surface area contributed by atoms with Crippen LogP contribution < -0.4 is 0 Å². The molecule has 4 nitrogen and oxygen atoms in total. The number of hydrogen-bond donors (Lipinski definition) is 1. The van der Waals surface area contributed by atoms with E-state index in [1.54, 1.807) is 0 Å². The van der Waals surface area contributed by atoms with Crippen molar-refractivity contribution in [2.45, 2.75) is 193 Å². The van der Waals surface area contributed by atoms with E-state index >= 15 is 0 Å². The van der Waals surface area contributed by atoms with Gasteiger partial charge in [-0.15, -0.1) is 0 Å². The summed E-state index contributed by atoms with van der Waals surface area (Å²) in [5.41, 5.74) is 0. The summed E-state index contributed by atoms with van der Waals surface area (Å²) >= 11 is 0. The van der Waals surface area contributed by atoms with E-state index in [4.69, 9.17) is 9.47 Å². The number of carbonyl (C=O) groups excluding carboxylic acids is 1. The molecule has 38 heavy (non-hydrogen) atoms. The Morgan fingerprint density at radius 3 is 1.18 bits per heavy atom. The average molecular weight is 541 g/mol. The van der Waals surface area contributed by atoms with Crippen molar-refractivity contribution in [3.63, 3.8) is 0 Å². The van der Waals surface area contributed by atoms with Crippen LogP contribution in [-0.2, 0) is 14.3 Å². The summed E-state index contributed by atoms with van der Waals surface area (Å²) in [7, 11) is 0. The van der Waals surface area contributed by atoms with Crippen LogP contribution in [0.15, 0.2) is 0 Å². The van der Waals surface area contributed by atoms with Gasteiger partial charge in [0.2, 0.25) is 0 Å². The van der Waals surface area contributed by atoms with Crippen LogP contribution in [0.5, 0.6) is 0 Å². The van der Waals surface area contributed by atoms with E-state index in [9.17, 15) is 9.90 Å². The molecule has 228 valence electrons. The second-order valence-corrected chi connectivity index (χ2v) is 11.6. The first-order valence-corrected chi connectivity index (χ1v) is 17.1. The maximum atomic E-state index is 11.5. The number of carbonyl (C=O) groups is 1. The lowest BCUT2D eigenvalue weighted by Gasteiger charge is -2.15. The molecule has 0 rings (SSSR count). The van der Waals surface area contributed by atoms with Gasteiger partial charge in [-0.1, -0.05) is 168 Å². The van der Waals surface area contributed by atoms with E-state index < -0.39 is 6.10 Å². The minimum Gasteiger partial charge on any atom is -0.457 e. The summed E-state index contributed by atoms with van der Waals surface area (Å²) in [4.78, 5) is 11.5. The quantitative estimate of drug-likeness (QED) is 0.0681. The number of aliphatic hydroxyl groups is 1. The summed E-state index contributed by atoms with van der Waals surface area (Å²) < 4.78 is 10.8. The van der Waals surface area contributed by atoms with E-state index in [1.165, 1.54) is 154 Å². The molecule has 0 aliphatic heterocycles. The van der Waals surface area contributed by atoms with E-state index in [0.29, 0.717) is 19.6 Å². The van der Waals surface area contributed by atoms with Crippen molar-refractivity contribution in [3.05, 3.63) is 0 Å². The van der Waals surface area contributed by atoms with E-state index in [2.05, 4.69) is 6.92 Å². The van der Waals surface area contributed by atoms with Gasteiger partial charge in [0.15, 0.2) is 0 Å². The Kier molecular flexibility index (Phi) is 32.1. The van der Waals surface area contributed by atoms with Gasteiger partial charge in [0.1, 0.15) is 6.10 Å². The van der Waals surface area contributed by atoms with Crippen LogP contribution in [0, 0.1) is 0 Å². The predicted molar refractivity (Wildman–Crippen MR) is 164 cm³/mol. The van der Waals surface area contributed by atoms with Crippen LogP contribution in [0.4, 0.5) is 0 Å². The third-order valence-electron chi connectivity index (χ3n) is 7.65. The van der Waals surface area contributed by atoms with Crippen LogP contribution in [-0.4, -0.2) is 37.0 Å². The second kappa shape index (κ2) is 32.6. The molecule has 1 N–H and O–H groups in total. The Balaban J connectivity index is 3.16.